The van der Waals surface area contributed by atoms with Gasteiger partial charge >= 0.3 is 0 Å². The lowest BCUT2D eigenvalue weighted by Crippen LogP contribution is -2.27. The first-order chi connectivity index (χ1) is 15.3. The molecular weight excluding hydrogens is 404 g/mol. The molecule has 0 atom stereocenters. The summed E-state index contributed by atoms with van der Waals surface area (Å²) in [7, 11) is 0. The van der Waals surface area contributed by atoms with E-state index in [1.807, 2.05) is 36.5 Å². The maximum atomic E-state index is 12.4. The van der Waals surface area contributed by atoms with Crippen molar-refractivity contribution < 1.29 is 4.79 Å². The highest BCUT2D eigenvalue weighted by Crippen LogP contribution is 2.36. The third-order valence-corrected chi connectivity index (χ3v) is 6.56. The molecule has 2 aromatic heterocycles. The van der Waals surface area contributed by atoms with E-state index in [0.717, 1.165) is 49.1 Å². The van der Waals surface area contributed by atoms with E-state index in [-0.39, 0.29) is 11.7 Å². The Morgan fingerprint density at radius 1 is 1.13 bits per heavy atom. The maximum absolute atomic E-state index is 12.4. The number of aromatic nitrogens is 2. The number of aryl methyl sites for hydroxylation is 1. The average Bonchev–Trinajstić information content (AvgIpc) is 3.22. The summed E-state index contributed by atoms with van der Waals surface area (Å²) in [6, 6.07) is 16.4. The number of fused-ring (bicyclic) bond motifs is 1. The Kier molecular flexibility index (Phi) is 7.06. The standard InChI is InChI=1S/C25H26N4OS/c26-16-20-24(22-12-7-14-27-22)19-10-5-2-6-11-21(19)29-25(20)31-17-23(30)28-15-13-18-8-3-1-4-9-18/h1,3-4,7-9,12,14,27H,2,5-6,10-11,13,15,17H2,(H,28,30). The van der Waals surface area contributed by atoms with Gasteiger partial charge in [0.25, 0.3) is 0 Å². The van der Waals surface area contributed by atoms with E-state index in [0.29, 0.717) is 17.1 Å². The van der Waals surface area contributed by atoms with Crippen LogP contribution >= 0.6 is 11.8 Å². The first-order valence-corrected chi connectivity index (χ1v) is 11.8. The highest BCUT2D eigenvalue weighted by Gasteiger charge is 2.23. The lowest BCUT2D eigenvalue weighted by atomic mass is 9.96. The summed E-state index contributed by atoms with van der Waals surface area (Å²) in [6.45, 7) is 0.597. The smallest absolute Gasteiger partial charge is 0.230 e. The van der Waals surface area contributed by atoms with Crippen molar-refractivity contribution in [1.29, 1.82) is 5.26 Å². The van der Waals surface area contributed by atoms with Crippen molar-refractivity contribution in [3.63, 3.8) is 0 Å². The topological polar surface area (TPSA) is 81.6 Å². The Balaban J connectivity index is 1.50. The van der Waals surface area contributed by atoms with Crippen molar-refractivity contribution in [2.24, 2.45) is 0 Å². The van der Waals surface area contributed by atoms with E-state index >= 15 is 0 Å². The van der Waals surface area contributed by atoms with Crippen molar-refractivity contribution in [1.82, 2.24) is 15.3 Å². The number of rotatable bonds is 7. The van der Waals surface area contributed by atoms with Gasteiger partial charge in [0.2, 0.25) is 5.91 Å². The summed E-state index contributed by atoms with van der Waals surface area (Å²) in [6.07, 6.45) is 7.95. The van der Waals surface area contributed by atoms with E-state index in [1.165, 1.54) is 29.3 Å². The zero-order valence-corrected chi connectivity index (χ0v) is 18.3. The summed E-state index contributed by atoms with van der Waals surface area (Å²) in [5.41, 5.74) is 5.95. The van der Waals surface area contributed by atoms with Gasteiger partial charge in [-0.1, -0.05) is 48.5 Å². The average molecular weight is 431 g/mol. The van der Waals surface area contributed by atoms with E-state index < -0.39 is 0 Å². The number of H-pyrrole nitrogens is 1. The fourth-order valence-electron chi connectivity index (χ4n) is 4.06. The molecule has 1 aliphatic carbocycles. The van der Waals surface area contributed by atoms with Crippen LogP contribution in [0.3, 0.4) is 0 Å². The first kappa shape index (κ1) is 21.2. The minimum atomic E-state index is -0.0389. The number of carbonyl (C=O) groups excluding carboxylic acids is 1. The quantitative estimate of drug-likeness (QED) is 0.422. The molecule has 2 N–H and O–H groups in total. The molecule has 0 saturated heterocycles. The van der Waals surface area contributed by atoms with Crippen LogP contribution in [0, 0.1) is 11.3 Å². The monoisotopic (exact) mass is 430 g/mol. The third kappa shape index (κ3) is 5.18. The van der Waals surface area contributed by atoms with Gasteiger partial charge < -0.3 is 10.3 Å². The summed E-state index contributed by atoms with van der Waals surface area (Å²) in [5, 5.41) is 13.6. The molecule has 6 heteroatoms. The predicted molar refractivity (Wildman–Crippen MR) is 124 cm³/mol. The minimum absolute atomic E-state index is 0.0389. The Labute approximate surface area is 187 Å². The number of nitriles is 1. The Morgan fingerprint density at radius 3 is 2.74 bits per heavy atom. The molecule has 31 heavy (non-hydrogen) atoms. The zero-order chi connectivity index (χ0) is 21.5. The molecule has 0 bridgehead atoms. The molecule has 0 aliphatic heterocycles. The van der Waals surface area contributed by atoms with E-state index in [9.17, 15) is 10.1 Å². The van der Waals surface area contributed by atoms with Crippen molar-refractivity contribution in [3.05, 3.63) is 71.0 Å². The Hall–Kier alpha value is -3.04. The van der Waals surface area contributed by atoms with Crippen LogP contribution < -0.4 is 5.32 Å². The van der Waals surface area contributed by atoms with Gasteiger partial charge in [-0.3, -0.25) is 4.79 Å². The van der Waals surface area contributed by atoms with Crippen molar-refractivity contribution in [2.75, 3.05) is 12.3 Å². The largest absolute Gasteiger partial charge is 0.361 e. The number of benzene rings is 1. The lowest BCUT2D eigenvalue weighted by molar-refractivity contribution is -0.118. The second kappa shape index (κ2) is 10.3. The molecule has 1 aromatic carbocycles. The number of hydrogen-bond acceptors (Lipinski definition) is 4. The van der Waals surface area contributed by atoms with Crippen molar-refractivity contribution >= 4 is 17.7 Å². The van der Waals surface area contributed by atoms with Crippen molar-refractivity contribution in [3.8, 4) is 17.3 Å². The van der Waals surface area contributed by atoms with Crippen LogP contribution in [0.15, 0.2) is 53.7 Å². The van der Waals surface area contributed by atoms with Gasteiger partial charge in [0, 0.05) is 29.7 Å². The van der Waals surface area contributed by atoms with Crippen LogP contribution in [0.1, 0.15) is 41.6 Å². The van der Waals surface area contributed by atoms with Gasteiger partial charge in [-0.15, -0.1) is 0 Å². The van der Waals surface area contributed by atoms with E-state index in [2.05, 4.69) is 28.5 Å². The molecule has 0 radical (unpaired) electrons. The fourth-order valence-corrected chi connectivity index (χ4v) is 4.90. The molecule has 0 fully saturated rings. The second-order valence-corrected chi connectivity index (χ2v) is 8.69. The number of pyridine rings is 1. The summed E-state index contributed by atoms with van der Waals surface area (Å²) in [4.78, 5) is 20.5. The normalized spacial score (nSPS) is 13.1. The number of amides is 1. The Morgan fingerprint density at radius 2 is 1.97 bits per heavy atom. The van der Waals surface area contributed by atoms with Gasteiger partial charge in [-0.25, -0.2) is 4.98 Å². The fraction of sp³-hybridized carbons (Fsp3) is 0.320. The van der Waals surface area contributed by atoms with Crippen LogP contribution in [0.5, 0.6) is 0 Å². The Bertz CT molecular complexity index is 1070. The molecule has 2 heterocycles. The SMILES string of the molecule is N#Cc1c(SCC(=O)NCCc2ccccc2)nc2c(c1-c1ccc[nH]1)CCCCC2. The number of aromatic amines is 1. The molecule has 3 aromatic rings. The molecule has 0 spiro atoms. The number of carbonyl (C=O) groups is 1. The lowest BCUT2D eigenvalue weighted by Gasteiger charge is -2.16. The van der Waals surface area contributed by atoms with Gasteiger partial charge in [0.05, 0.1) is 11.3 Å². The van der Waals surface area contributed by atoms with E-state index in [4.69, 9.17) is 4.98 Å². The number of thioether (sulfide) groups is 1. The van der Waals surface area contributed by atoms with Crippen LogP contribution in [-0.4, -0.2) is 28.2 Å². The first-order valence-electron chi connectivity index (χ1n) is 10.8. The number of hydrogen-bond donors (Lipinski definition) is 2. The van der Waals surface area contributed by atoms with Crippen LogP contribution in [0.4, 0.5) is 0 Å². The van der Waals surface area contributed by atoms with Gasteiger partial charge in [-0.05, 0) is 55.4 Å². The van der Waals surface area contributed by atoms with Crippen LogP contribution in [0.25, 0.3) is 11.3 Å². The van der Waals surface area contributed by atoms with Crippen LogP contribution in [-0.2, 0) is 24.1 Å². The van der Waals surface area contributed by atoms with Gasteiger partial charge in [0.15, 0.2) is 0 Å². The molecular formula is C25H26N4OS. The maximum Gasteiger partial charge on any atom is 0.230 e. The molecule has 5 nitrogen and oxygen atoms in total. The molecule has 1 amide bonds. The summed E-state index contributed by atoms with van der Waals surface area (Å²) in [5.74, 6) is 0.211. The predicted octanol–water partition coefficient (Wildman–Crippen LogP) is 4.67. The number of nitrogens with zero attached hydrogens (tertiary/aromatic N) is 2. The molecule has 0 unspecified atom stereocenters. The van der Waals surface area contributed by atoms with E-state index in [1.54, 1.807) is 0 Å². The molecule has 4 rings (SSSR count). The number of nitrogens with one attached hydrogen (secondary N) is 2. The molecule has 0 saturated carbocycles. The second-order valence-electron chi connectivity index (χ2n) is 7.72. The van der Waals surface area contributed by atoms with Gasteiger partial charge in [-0.2, -0.15) is 5.26 Å². The highest BCUT2D eigenvalue weighted by molar-refractivity contribution is 8.00. The summed E-state index contributed by atoms with van der Waals surface area (Å²) < 4.78 is 0. The zero-order valence-electron chi connectivity index (χ0n) is 17.5. The summed E-state index contributed by atoms with van der Waals surface area (Å²) >= 11 is 1.36. The van der Waals surface area contributed by atoms with Gasteiger partial charge in [0.1, 0.15) is 11.1 Å². The molecule has 158 valence electrons. The van der Waals surface area contributed by atoms with Crippen LogP contribution in [0.2, 0.25) is 0 Å². The third-order valence-electron chi connectivity index (χ3n) is 5.59. The molecule has 1 aliphatic rings. The highest BCUT2D eigenvalue weighted by atomic mass is 32.2. The van der Waals surface area contributed by atoms with Crippen molar-refractivity contribution in [2.45, 2.75) is 43.6 Å². The minimum Gasteiger partial charge on any atom is -0.361 e.